The third kappa shape index (κ3) is 3.16. The summed E-state index contributed by atoms with van der Waals surface area (Å²) >= 11 is 0. The summed E-state index contributed by atoms with van der Waals surface area (Å²) in [5.74, 6) is 0.136. The third-order valence-electron chi connectivity index (χ3n) is 2.42. The lowest BCUT2D eigenvalue weighted by molar-refractivity contribution is 0.0925. The number of aryl methyl sites for hydroxylation is 1. The molecule has 0 saturated heterocycles. The first-order valence-electron chi connectivity index (χ1n) is 5.45. The number of hydrogen-bond acceptors (Lipinski definition) is 3. The van der Waals surface area contributed by atoms with E-state index in [1.54, 1.807) is 6.20 Å². The van der Waals surface area contributed by atoms with E-state index in [4.69, 9.17) is 5.73 Å². The largest absolute Gasteiger partial charge is 0.330 e. The smallest absolute Gasteiger partial charge is 0.168 e. The van der Waals surface area contributed by atoms with Crippen molar-refractivity contribution in [2.75, 3.05) is 6.54 Å². The van der Waals surface area contributed by atoms with Crippen LogP contribution in [0.3, 0.4) is 0 Å². The highest BCUT2D eigenvalue weighted by Gasteiger charge is 2.15. The molecule has 1 rings (SSSR count). The van der Waals surface area contributed by atoms with E-state index in [9.17, 15) is 4.79 Å². The molecule has 84 valence electrons. The Bertz CT molecular complexity index is 319. The fraction of sp³-hybridized carbons (Fsp3) is 0.636. The maximum atomic E-state index is 11.8. The molecule has 0 bridgehead atoms. The van der Waals surface area contributed by atoms with Crippen molar-refractivity contribution in [3.05, 3.63) is 18.0 Å². The zero-order valence-electron chi connectivity index (χ0n) is 9.44. The van der Waals surface area contributed by atoms with E-state index < -0.39 is 0 Å². The molecule has 0 amide bonds. The SMILES string of the molecule is CCCn1cc(C(=O)C(C)CCN)cn1. The zero-order chi connectivity index (χ0) is 11.3. The summed E-state index contributed by atoms with van der Waals surface area (Å²) in [4.78, 5) is 11.8. The predicted molar refractivity (Wildman–Crippen MR) is 59.7 cm³/mol. The van der Waals surface area contributed by atoms with Gasteiger partial charge in [-0.2, -0.15) is 5.10 Å². The Balaban J connectivity index is 2.65. The molecule has 0 spiro atoms. The summed E-state index contributed by atoms with van der Waals surface area (Å²) < 4.78 is 1.81. The van der Waals surface area contributed by atoms with Gasteiger partial charge in [-0.1, -0.05) is 13.8 Å². The first-order valence-corrected chi connectivity index (χ1v) is 5.45. The molecule has 0 aliphatic carbocycles. The molecule has 0 saturated carbocycles. The van der Waals surface area contributed by atoms with Crippen LogP contribution in [0.25, 0.3) is 0 Å². The number of ketones is 1. The first kappa shape index (κ1) is 11.9. The van der Waals surface area contributed by atoms with Crippen LogP contribution >= 0.6 is 0 Å². The number of nitrogens with two attached hydrogens (primary N) is 1. The summed E-state index contributed by atoms with van der Waals surface area (Å²) in [5.41, 5.74) is 6.12. The Morgan fingerprint density at radius 2 is 2.40 bits per heavy atom. The Hall–Kier alpha value is -1.16. The third-order valence-corrected chi connectivity index (χ3v) is 2.42. The summed E-state index contributed by atoms with van der Waals surface area (Å²) in [6.45, 7) is 5.40. The molecule has 0 radical (unpaired) electrons. The van der Waals surface area contributed by atoms with E-state index in [1.165, 1.54) is 0 Å². The second-order valence-corrected chi connectivity index (χ2v) is 3.83. The van der Waals surface area contributed by atoms with E-state index in [0.717, 1.165) is 19.4 Å². The van der Waals surface area contributed by atoms with E-state index in [1.807, 2.05) is 17.8 Å². The van der Waals surface area contributed by atoms with Crippen LogP contribution in [0.4, 0.5) is 0 Å². The molecule has 4 heteroatoms. The van der Waals surface area contributed by atoms with Crippen molar-refractivity contribution in [1.29, 1.82) is 0 Å². The van der Waals surface area contributed by atoms with E-state index >= 15 is 0 Å². The minimum Gasteiger partial charge on any atom is -0.330 e. The van der Waals surface area contributed by atoms with Gasteiger partial charge in [-0.05, 0) is 19.4 Å². The summed E-state index contributed by atoms with van der Waals surface area (Å²) in [6.07, 6.45) is 5.22. The topological polar surface area (TPSA) is 60.9 Å². The van der Waals surface area contributed by atoms with Gasteiger partial charge in [0, 0.05) is 18.7 Å². The molecule has 4 nitrogen and oxygen atoms in total. The zero-order valence-corrected chi connectivity index (χ0v) is 9.44. The quantitative estimate of drug-likeness (QED) is 0.721. The minimum absolute atomic E-state index is 0.00530. The molecule has 0 fully saturated rings. The van der Waals surface area contributed by atoms with Crippen LogP contribution in [-0.2, 0) is 6.54 Å². The van der Waals surface area contributed by atoms with Gasteiger partial charge in [-0.3, -0.25) is 9.48 Å². The summed E-state index contributed by atoms with van der Waals surface area (Å²) in [7, 11) is 0. The van der Waals surface area contributed by atoms with Gasteiger partial charge in [0.2, 0.25) is 0 Å². The van der Waals surface area contributed by atoms with Gasteiger partial charge in [0.1, 0.15) is 0 Å². The van der Waals surface area contributed by atoms with Gasteiger partial charge in [0.25, 0.3) is 0 Å². The van der Waals surface area contributed by atoms with Crippen LogP contribution in [0.5, 0.6) is 0 Å². The standard InChI is InChI=1S/C11H19N3O/c1-3-6-14-8-10(7-13-14)11(15)9(2)4-5-12/h7-9H,3-6,12H2,1-2H3. The molecule has 1 unspecified atom stereocenters. The average molecular weight is 209 g/mol. The first-order chi connectivity index (χ1) is 7.19. The Morgan fingerprint density at radius 3 is 3.00 bits per heavy atom. The van der Waals surface area contributed by atoms with Gasteiger partial charge < -0.3 is 5.73 Å². The van der Waals surface area contributed by atoms with Crippen LogP contribution in [-0.4, -0.2) is 22.1 Å². The second-order valence-electron chi connectivity index (χ2n) is 3.83. The van der Waals surface area contributed by atoms with Gasteiger partial charge in [-0.25, -0.2) is 0 Å². The van der Waals surface area contributed by atoms with Crippen LogP contribution in [0.1, 0.15) is 37.0 Å². The molecule has 1 aromatic rings. The van der Waals surface area contributed by atoms with E-state index in [2.05, 4.69) is 12.0 Å². The minimum atomic E-state index is -0.00530. The summed E-state index contributed by atoms with van der Waals surface area (Å²) in [5, 5.41) is 4.13. The van der Waals surface area contributed by atoms with Crippen molar-refractivity contribution in [3.63, 3.8) is 0 Å². The predicted octanol–water partition coefficient (Wildman–Crippen LogP) is 1.46. The Labute approximate surface area is 90.5 Å². The monoisotopic (exact) mass is 209 g/mol. The average Bonchev–Trinajstić information content (AvgIpc) is 2.66. The van der Waals surface area contributed by atoms with Crippen molar-refractivity contribution in [3.8, 4) is 0 Å². The lowest BCUT2D eigenvalue weighted by atomic mass is 9.99. The Morgan fingerprint density at radius 1 is 1.67 bits per heavy atom. The van der Waals surface area contributed by atoms with Crippen LogP contribution < -0.4 is 5.73 Å². The van der Waals surface area contributed by atoms with Crippen LogP contribution in [0.2, 0.25) is 0 Å². The fourth-order valence-corrected chi connectivity index (χ4v) is 1.51. The van der Waals surface area contributed by atoms with Crippen molar-refractivity contribution >= 4 is 5.78 Å². The number of carbonyl (C=O) groups excluding carboxylic acids is 1. The van der Waals surface area contributed by atoms with Gasteiger partial charge in [0.05, 0.1) is 11.8 Å². The maximum Gasteiger partial charge on any atom is 0.168 e. The molecule has 0 aromatic carbocycles. The molecule has 2 N–H and O–H groups in total. The van der Waals surface area contributed by atoms with Gasteiger partial charge >= 0.3 is 0 Å². The molecule has 1 heterocycles. The number of rotatable bonds is 6. The molecule has 0 aliphatic heterocycles. The number of carbonyl (C=O) groups is 1. The van der Waals surface area contributed by atoms with E-state index in [-0.39, 0.29) is 11.7 Å². The van der Waals surface area contributed by atoms with Gasteiger partial charge in [0.15, 0.2) is 5.78 Å². The highest BCUT2D eigenvalue weighted by atomic mass is 16.1. The van der Waals surface area contributed by atoms with Crippen molar-refractivity contribution in [1.82, 2.24) is 9.78 Å². The fourth-order valence-electron chi connectivity index (χ4n) is 1.51. The van der Waals surface area contributed by atoms with E-state index in [0.29, 0.717) is 12.1 Å². The molecule has 1 atom stereocenters. The van der Waals surface area contributed by atoms with Gasteiger partial charge in [-0.15, -0.1) is 0 Å². The summed E-state index contributed by atoms with van der Waals surface area (Å²) in [6, 6.07) is 0. The number of nitrogens with zero attached hydrogens (tertiary/aromatic N) is 2. The molecular weight excluding hydrogens is 190 g/mol. The molecular formula is C11H19N3O. The lowest BCUT2D eigenvalue weighted by Gasteiger charge is -2.06. The normalized spacial score (nSPS) is 12.7. The lowest BCUT2D eigenvalue weighted by Crippen LogP contribution is -2.15. The molecule has 15 heavy (non-hydrogen) atoms. The second kappa shape index (κ2) is 5.66. The van der Waals surface area contributed by atoms with Crippen molar-refractivity contribution < 1.29 is 4.79 Å². The maximum absolute atomic E-state index is 11.8. The number of Topliss-reactive ketones (excluding diaryl/α,β-unsaturated/α-hetero) is 1. The highest BCUT2D eigenvalue weighted by Crippen LogP contribution is 2.10. The van der Waals surface area contributed by atoms with Crippen molar-refractivity contribution in [2.45, 2.75) is 33.2 Å². The Kier molecular flexibility index (Phi) is 4.49. The molecule has 0 aliphatic rings. The highest BCUT2D eigenvalue weighted by molar-refractivity contribution is 5.97. The molecule has 1 aromatic heterocycles. The van der Waals surface area contributed by atoms with Crippen LogP contribution in [0.15, 0.2) is 12.4 Å². The number of aromatic nitrogens is 2. The number of hydrogen-bond donors (Lipinski definition) is 1. The van der Waals surface area contributed by atoms with Crippen molar-refractivity contribution in [2.24, 2.45) is 11.7 Å². The van der Waals surface area contributed by atoms with Crippen LogP contribution in [0, 0.1) is 5.92 Å².